The highest BCUT2D eigenvalue weighted by atomic mass is 16.5. The molecular formula is C10H11N3O. The molecule has 0 bridgehead atoms. The van der Waals surface area contributed by atoms with Gasteiger partial charge in [0.2, 0.25) is 0 Å². The molecule has 1 heterocycles. The van der Waals surface area contributed by atoms with E-state index in [4.69, 9.17) is 15.7 Å². The summed E-state index contributed by atoms with van der Waals surface area (Å²) < 4.78 is 5.56. The number of nitriles is 1. The van der Waals surface area contributed by atoms with E-state index < -0.39 is 0 Å². The standard InChI is InChI=1S/C10H11N3O/c11-5-7-3-10(14-9-1-2-9)4-8(6-12)13-7/h3-4,9H,1-2,5,11H2. The number of hydrogen-bond acceptors (Lipinski definition) is 4. The number of rotatable bonds is 3. The summed E-state index contributed by atoms with van der Waals surface area (Å²) in [7, 11) is 0. The maximum Gasteiger partial charge on any atom is 0.144 e. The quantitative estimate of drug-likeness (QED) is 0.768. The molecule has 1 aliphatic carbocycles. The van der Waals surface area contributed by atoms with Gasteiger partial charge in [-0.1, -0.05) is 0 Å². The van der Waals surface area contributed by atoms with Crippen LogP contribution in [-0.4, -0.2) is 11.1 Å². The Labute approximate surface area is 82.3 Å². The molecule has 0 saturated heterocycles. The van der Waals surface area contributed by atoms with Crippen molar-refractivity contribution in [2.24, 2.45) is 5.73 Å². The van der Waals surface area contributed by atoms with Crippen molar-refractivity contribution >= 4 is 0 Å². The molecule has 14 heavy (non-hydrogen) atoms. The number of hydrogen-bond donors (Lipinski definition) is 1. The van der Waals surface area contributed by atoms with E-state index in [0.29, 0.717) is 29.8 Å². The van der Waals surface area contributed by atoms with Crippen LogP contribution in [0.4, 0.5) is 0 Å². The van der Waals surface area contributed by atoms with Crippen molar-refractivity contribution in [3.63, 3.8) is 0 Å². The summed E-state index contributed by atoms with van der Waals surface area (Å²) in [6.45, 7) is 0.330. The molecule has 0 atom stereocenters. The van der Waals surface area contributed by atoms with Crippen LogP contribution in [0.5, 0.6) is 5.75 Å². The molecule has 1 saturated carbocycles. The summed E-state index contributed by atoms with van der Waals surface area (Å²) >= 11 is 0. The van der Waals surface area contributed by atoms with Gasteiger partial charge in [0.05, 0.1) is 11.8 Å². The third-order valence-electron chi connectivity index (χ3n) is 2.00. The SMILES string of the molecule is N#Cc1cc(OC2CC2)cc(CN)n1. The lowest BCUT2D eigenvalue weighted by molar-refractivity contribution is 0.302. The molecular weight excluding hydrogens is 178 g/mol. The highest BCUT2D eigenvalue weighted by Gasteiger charge is 2.23. The minimum absolute atomic E-state index is 0.328. The van der Waals surface area contributed by atoms with Crippen molar-refractivity contribution in [3.8, 4) is 11.8 Å². The van der Waals surface area contributed by atoms with Gasteiger partial charge >= 0.3 is 0 Å². The summed E-state index contributed by atoms with van der Waals surface area (Å²) in [5.41, 5.74) is 6.52. The fourth-order valence-electron chi connectivity index (χ4n) is 1.17. The highest BCUT2D eigenvalue weighted by Crippen LogP contribution is 2.27. The molecule has 0 radical (unpaired) electrons. The number of nitrogens with zero attached hydrogens (tertiary/aromatic N) is 2. The summed E-state index contributed by atoms with van der Waals surface area (Å²) in [4.78, 5) is 4.03. The molecule has 0 amide bonds. The number of nitrogens with two attached hydrogens (primary N) is 1. The zero-order valence-corrected chi connectivity index (χ0v) is 7.73. The molecule has 4 heteroatoms. The summed E-state index contributed by atoms with van der Waals surface area (Å²) in [5, 5.41) is 8.72. The van der Waals surface area contributed by atoms with Crippen LogP contribution in [-0.2, 0) is 6.54 Å². The first-order valence-corrected chi connectivity index (χ1v) is 4.59. The van der Waals surface area contributed by atoms with E-state index in [1.165, 1.54) is 0 Å². The molecule has 1 fully saturated rings. The predicted octanol–water partition coefficient (Wildman–Crippen LogP) is 0.953. The Morgan fingerprint density at radius 1 is 1.57 bits per heavy atom. The Morgan fingerprint density at radius 2 is 2.36 bits per heavy atom. The second-order valence-electron chi connectivity index (χ2n) is 3.31. The average Bonchev–Trinajstić information content (AvgIpc) is 3.01. The molecule has 4 nitrogen and oxygen atoms in total. The van der Waals surface area contributed by atoms with Gasteiger partial charge in [-0.05, 0) is 12.8 Å². The molecule has 1 aromatic rings. The van der Waals surface area contributed by atoms with Crippen molar-refractivity contribution in [2.75, 3.05) is 0 Å². The van der Waals surface area contributed by atoms with E-state index in [1.54, 1.807) is 12.1 Å². The number of aromatic nitrogens is 1. The first-order chi connectivity index (χ1) is 6.81. The fraction of sp³-hybridized carbons (Fsp3) is 0.400. The van der Waals surface area contributed by atoms with Crippen LogP contribution in [0.1, 0.15) is 24.2 Å². The molecule has 0 unspecified atom stereocenters. The Hall–Kier alpha value is -1.60. The lowest BCUT2D eigenvalue weighted by Gasteiger charge is -2.05. The Bertz CT molecular complexity index is 379. The van der Waals surface area contributed by atoms with Gasteiger partial charge in [-0.25, -0.2) is 4.98 Å². The highest BCUT2D eigenvalue weighted by molar-refractivity contribution is 5.33. The van der Waals surface area contributed by atoms with E-state index >= 15 is 0 Å². The zero-order chi connectivity index (χ0) is 9.97. The van der Waals surface area contributed by atoms with Gasteiger partial charge in [0.25, 0.3) is 0 Å². The fourth-order valence-corrected chi connectivity index (χ4v) is 1.17. The van der Waals surface area contributed by atoms with Gasteiger partial charge in [-0.15, -0.1) is 0 Å². The van der Waals surface area contributed by atoms with Crippen LogP contribution in [0.25, 0.3) is 0 Å². The van der Waals surface area contributed by atoms with Crippen LogP contribution in [0.3, 0.4) is 0 Å². The second kappa shape index (κ2) is 3.64. The second-order valence-corrected chi connectivity index (χ2v) is 3.31. The minimum atomic E-state index is 0.328. The lowest BCUT2D eigenvalue weighted by Crippen LogP contribution is -2.03. The maximum absolute atomic E-state index is 8.72. The van der Waals surface area contributed by atoms with E-state index in [2.05, 4.69) is 4.98 Å². The van der Waals surface area contributed by atoms with Crippen molar-refractivity contribution in [2.45, 2.75) is 25.5 Å². The Morgan fingerprint density at radius 3 is 2.93 bits per heavy atom. The van der Waals surface area contributed by atoms with Gasteiger partial charge < -0.3 is 10.5 Å². The van der Waals surface area contributed by atoms with E-state index in [1.807, 2.05) is 6.07 Å². The third kappa shape index (κ3) is 2.01. The van der Waals surface area contributed by atoms with Gasteiger partial charge in [-0.2, -0.15) is 5.26 Å². The lowest BCUT2D eigenvalue weighted by atomic mass is 10.3. The Balaban J connectivity index is 2.24. The van der Waals surface area contributed by atoms with Gasteiger partial charge in [0.15, 0.2) is 0 Å². The van der Waals surface area contributed by atoms with Crippen LogP contribution in [0, 0.1) is 11.3 Å². The third-order valence-corrected chi connectivity index (χ3v) is 2.00. The van der Waals surface area contributed by atoms with E-state index in [0.717, 1.165) is 12.8 Å². The molecule has 2 N–H and O–H groups in total. The summed E-state index contributed by atoms with van der Waals surface area (Å²) in [6, 6.07) is 5.43. The van der Waals surface area contributed by atoms with Gasteiger partial charge in [-0.3, -0.25) is 0 Å². The smallest absolute Gasteiger partial charge is 0.144 e. The van der Waals surface area contributed by atoms with Crippen molar-refractivity contribution < 1.29 is 4.74 Å². The number of pyridine rings is 1. The first-order valence-electron chi connectivity index (χ1n) is 4.59. The molecule has 1 aromatic heterocycles. The van der Waals surface area contributed by atoms with E-state index in [9.17, 15) is 0 Å². The van der Waals surface area contributed by atoms with Gasteiger partial charge in [0.1, 0.15) is 17.5 Å². The Kier molecular flexibility index (Phi) is 2.33. The first kappa shape index (κ1) is 8.97. The molecule has 1 aliphatic rings. The monoisotopic (exact) mass is 189 g/mol. The van der Waals surface area contributed by atoms with Crippen molar-refractivity contribution in [1.82, 2.24) is 4.98 Å². The minimum Gasteiger partial charge on any atom is -0.490 e. The summed E-state index contributed by atoms with van der Waals surface area (Å²) in [5.74, 6) is 0.708. The molecule has 0 aliphatic heterocycles. The maximum atomic E-state index is 8.72. The number of ether oxygens (including phenoxy) is 1. The molecule has 0 spiro atoms. The largest absolute Gasteiger partial charge is 0.490 e. The van der Waals surface area contributed by atoms with Gasteiger partial charge in [0, 0.05) is 18.7 Å². The molecule has 72 valence electrons. The predicted molar refractivity (Wildman–Crippen MR) is 50.5 cm³/mol. The molecule has 0 aromatic carbocycles. The summed E-state index contributed by atoms with van der Waals surface area (Å²) in [6.07, 6.45) is 2.53. The normalized spacial score (nSPS) is 14.9. The van der Waals surface area contributed by atoms with Crippen molar-refractivity contribution in [3.05, 3.63) is 23.5 Å². The van der Waals surface area contributed by atoms with Crippen LogP contribution >= 0.6 is 0 Å². The van der Waals surface area contributed by atoms with Crippen LogP contribution in [0.2, 0.25) is 0 Å². The topological polar surface area (TPSA) is 71.9 Å². The van der Waals surface area contributed by atoms with Crippen LogP contribution < -0.4 is 10.5 Å². The van der Waals surface area contributed by atoms with Crippen LogP contribution in [0.15, 0.2) is 12.1 Å². The zero-order valence-electron chi connectivity index (χ0n) is 7.73. The van der Waals surface area contributed by atoms with Crippen molar-refractivity contribution in [1.29, 1.82) is 5.26 Å². The average molecular weight is 189 g/mol. The van der Waals surface area contributed by atoms with E-state index in [-0.39, 0.29) is 0 Å². The molecule has 2 rings (SSSR count).